The van der Waals surface area contributed by atoms with E-state index in [2.05, 4.69) is 11.8 Å². The molecule has 3 heteroatoms. The van der Waals surface area contributed by atoms with Crippen LogP contribution < -0.4 is 0 Å². The number of ketones is 1. The number of Topliss-reactive ketones (excluding diaryl/α,β-unsaturated/α-hetero) is 1. The summed E-state index contributed by atoms with van der Waals surface area (Å²) in [5.41, 5.74) is -0.766. The molecule has 19 heavy (non-hydrogen) atoms. The molecule has 0 aromatic heterocycles. The van der Waals surface area contributed by atoms with E-state index in [0.717, 1.165) is 51.6 Å². The zero-order valence-electron chi connectivity index (χ0n) is 11.9. The lowest BCUT2D eigenvalue weighted by molar-refractivity contribution is -0.249. The molecule has 2 aliphatic carbocycles. The van der Waals surface area contributed by atoms with Gasteiger partial charge in [0.1, 0.15) is 5.78 Å². The molecule has 1 N–H and O–H groups in total. The average Bonchev–Trinajstić information content (AvgIpc) is 2.35. The molecule has 0 radical (unpaired) electrons. The molecule has 0 amide bonds. The Morgan fingerprint density at radius 3 is 2.95 bits per heavy atom. The molecule has 0 unspecified atom stereocenters. The SMILES string of the molecule is C[C@H]1C[C@H]2CC(=O)[C@@H]3CCCN4CCC[C@@]2(O)[C@]34C1. The van der Waals surface area contributed by atoms with E-state index in [9.17, 15) is 9.90 Å². The summed E-state index contributed by atoms with van der Waals surface area (Å²) in [6.45, 7) is 4.49. The molecule has 0 aromatic carbocycles. The Morgan fingerprint density at radius 1 is 1.32 bits per heavy atom. The Morgan fingerprint density at radius 2 is 2.11 bits per heavy atom. The first-order chi connectivity index (χ1) is 9.08. The van der Waals surface area contributed by atoms with Gasteiger partial charge in [-0.15, -0.1) is 0 Å². The van der Waals surface area contributed by atoms with Crippen LogP contribution in [0.3, 0.4) is 0 Å². The lowest BCUT2D eigenvalue weighted by Crippen LogP contribution is -2.79. The molecule has 5 atom stereocenters. The highest BCUT2D eigenvalue weighted by Crippen LogP contribution is 2.61. The lowest BCUT2D eigenvalue weighted by atomic mass is 9.46. The Hall–Kier alpha value is -0.410. The fourth-order valence-corrected chi connectivity index (χ4v) is 6.15. The fourth-order valence-electron chi connectivity index (χ4n) is 6.15. The van der Waals surface area contributed by atoms with Crippen molar-refractivity contribution in [3.05, 3.63) is 0 Å². The molecule has 106 valence electrons. The van der Waals surface area contributed by atoms with Gasteiger partial charge in [-0.3, -0.25) is 9.69 Å². The van der Waals surface area contributed by atoms with Crippen LogP contribution >= 0.6 is 0 Å². The highest BCUT2D eigenvalue weighted by Gasteiger charge is 2.69. The van der Waals surface area contributed by atoms with Gasteiger partial charge in [0.15, 0.2) is 0 Å². The summed E-state index contributed by atoms with van der Waals surface area (Å²) in [4.78, 5) is 15.1. The predicted molar refractivity (Wildman–Crippen MR) is 72.7 cm³/mol. The van der Waals surface area contributed by atoms with Gasteiger partial charge in [-0.1, -0.05) is 6.92 Å². The molecule has 4 aliphatic rings. The first kappa shape index (κ1) is 12.3. The third kappa shape index (κ3) is 1.33. The summed E-state index contributed by atoms with van der Waals surface area (Å²) in [5, 5.41) is 11.5. The van der Waals surface area contributed by atoms with Crippen molar-refractivity contribution < 1.29 is 9.90 Å². The second-order valence-corrected chi connectivity index (χ2v) is 7.55. The number of carbonyl (C=O) groups is 1. The van der Waals surface area contributed by atoms with Crippen molar-refractivity contribution in [3.8, 4) is 0 Å². The maximum absolute atomic E-state index is 12.6. The van der Waals surface area contributed by atoms with Gasteiger partial charge in [0.2, 0.25) is 0 Å². The van der Waals surface area contributed by atoms with Crippen LogP contribution in [0.15, 0.2) is 0 Å². The number of hydrogen-bond acceptors (Lipinski definition) is 3. The lowest BCUT2D eigenvalue weighted by Gasteiger charge is -2.69. The van der Waals surface area contributed by atoms with Crippen LogP contribution in [0.1, 0.15) is 51.9 Å². The maximum Gasteiger partial charge on any atom is 0.138 e. The summed E-state index contributed by atoms with van der Waals surface area (Å²) >= 11 is 0. The number of nitrogens with zero attached hydrogens (tertiary/aromatic N) is 1. The third-order valence-electron chi connectivity index (χ3n) is 6.66. The van der Waals surface area contributed by atoms with Gasteiger partial charge in [-0.2, -0.15) is 0 Å². The van der Waals surface area contributed by atoms with E-state index in [1.165, 1.54) is 0 Å². The zero-order chi connectivity index (χ0) is 13.3. The summed E-state index contributed by atoms with van der Waals surface area (Å²) in [7, 11) is 0. The van der Waals surface area contributed by atoms with Gasteiger partial charge >= 0.3 is 0 Å². The summed E-state index contributed by atoms with van der Waals surface area (Å²) < 4.78 is 0. The molecular weight excluding hydrogens is 238 g/mol. The van der Waals surface area contributed by atoms with Crippen LogP contribution in [0, 0.1) is 17.8 Å². The Labute approximate surface area is 115 Å². The van der Waals surface area contributed by atoms with Crippen molar-refractivity contribution in [1.82, 2.24) is 4.90 Å². The van der Waals surface area contributed by atoms with Gasteiger partial charge in [0.05, 0.1) is 11.1 Å². The Bertz CT molecular complexity index is 421. The molecule has 2 aliphatic heterocycles. The normalized spacial score (nSPS) is 53.8. The Kier molecular flexibility index (Phi) is 2.48. The smallest absolute Gasteiger partial charge is 0.138 e. The summed E-state index contributed by atoms with van der Waals surface area (Å²) in [5.74, 6) is 1.44. The number of carbonyl (C=O) groups excluding carboxylic acids is 1. The van der Waals surface area contributed by atoms with Crippen molar-refractivity contribution in [1.29, 1.82) is 0 Å². The molecule has 0 aromatic rings. The molecule has 2 bridgehead atoms. The molecule has 1 spiro atoms. The highest BCUT2D eigenvalue weighted by atomic mass is 16.3. The first-order valence-corrected chi connectivity index (χ1v) is 8.08. The summed E-state index contributed by atoms with van der Waals surface area (Å²) in [6, 6.07) is 0. The molecule has 3 nitrogen and oxygen atoms in total. The topological polar surface area (TPSA) is 40.5 Å². The van der Waals surface area contributed by atoms with E-state index < -0.39 is 5.60 Å². The van der Waals surface area contributed by atoms with Gasteiger partial charge in [-0.25, -0.2) is 0 Å². The summed E-state index contributed by atoms with van der Waals surface area (Å²) in [6.07, 6.45) is 6.89. The van der Waals surface area contributed by atoms with Crippen LogP contribution in [0.4, 0.5) is 0 Å². The minimum Gasteiger partial charge on any atom is -0.388 e. The zero-order valence-corrected chi connectivity index (χ0v) is 11.9. The van der Waals surface area contributed by atoms with Crippen molar-refractivity contribution in [2.75, 3.05) is 13.1 Å². The van der Waals surface area contributed by atoms with E-state index in [0.29, 0.717) is 18.1 Å². The number of piperidine rings is 2. The monoisotopic (exact) mass is 263 g/mol. The quantitative estimate of drug-likeness (QED) is 0.726. The van der Waals surface area contributed by atoms with Gasteiger partial charge in [-0.05, 0) is 63.5 Å². The van der Waals surface area contributed by atoms with Crippen LogP contribution in [0.25, 0.3) is 0 Å². The molecule has 4 fully saturated rings. The van der Waals surface area contributed by atoms with E-state index in [1.807, 2.05) is 0 Å². The van der Waals surface area contributed by atoms with Crippen LogP contribution in [0.5, 0.6) is 0 Å². The second-order valence-electron chi connectivity index (χ2n) is 7.55. The van der Waals surface area contributed by atoms with Crippen molar-refractivity contribution >= 4 is 5.78 Å². The van der Waals surface area contributed by atoms with Crippen LogP contribution in [0.2, 0.25) is 0 Å². The van der Waals surface area contributed by atoms with Crippen LogP contribution in [-0.4, -0.2) is 40.0 Å². The number of aliphatic hydroxyl groups is 1. The predicted octanol–water partition coefficient (Wildman–Crippen LogP) is 1.98. The van der Waals surface area contributed by atoms with E-state index in [-0.39, 0.29) is 17.4 Å². The van der Waals surface area contributed by atoms with E-state index in [4.69, 9.17) is 0 Å². The molecule has 2 saturated heterocycles. The molecule has 2 saturated carbocycles. The number of hydrogen-bond donors (Lipinski definition) is 1. The van der Waals surface area contributed by atoms with Gasteiger partial charge in [0.25, 0.3) is 0 Å². The highest BCUT2D eigenvalue weighted by molar-refractivity contribution is 5.85. The second kappa shape index (κ2) is 3.82. The molecular formula is C16H25NO2. The molecule has 2 heterocycles. The van der Waals surface area contributed by atoms with Crippen molar-refractivity contribution in [2.24, 2.45) is 17.8 Å². The Balaban J connectivity index is 1.89. The minimum absolute atomic E-state index is 0.116. The first-order valence-electron chi connectivity index (χ1n) is 8.08. The van der Waals surface area contributed by atoms with Gasteiger partial charge < -0.3 is 5.11 Å². The fraction of sp³-hybridized carbons (Fsp3) is 0.938. The van der Waals surface area contributed by atoms with E-state index in [1.54, 1.807) is 0 Å². The van der Waals surface area contributed by atoms with E-state index >= 15 is 0 Å². The number of rotatable bonds is 0. The largest absolute Gasteiger partial charge is 0.388 e. The van der Waals surface area contributed by atoms with Crippen molar-refractivity contribution in [2.45, 2.75) is 63.0 Å². The van der Waals surface area contributed by atoms with Crippen molar-refractivity contribution in [3.63, 3.8) is 0 Å². The molecule has 4 rings (SSSR count). The maximum atomic E-state index is 12.6. The standard InChI is InChI=1S/C16H25NO2/c1-11-8-12-9-14(18)13-4-2-6-17-7-3-5-16(12,19)15(13,17)10-11/h11-13,19H,2-10H2,1H3/t11-,12-,13-,15-,16-/m0/s1. The third-order valence-corrected chi connectivity index (χ3v) is 6.66. The minimum atomic E-state index is -0.573. The van der Waals surface area contributed by atoms with Gasteiger partial charge in [0, 0.05) is 12.3 Å². The average molecular weight is 263 g/mol. The van der Waals surface area contributed by atoms with Crippen LogP contribution in [-0.2, 0) is 4.79 Å².